The van der Waals surface area contributed by atoms with Gasteiger partial charge in [0.1, 0.15) is 11.5 Å². The van der Waals surface area contributed by atoms with Crippen LogP contribution in [0.3, 0.4) is 0 Å². The Morgan fingerprint density at radius 2 is 0.947 bits per heavy atom. The Bertz CT molecular complexity index is 1890. The molecule has 0 radical (unpaired) electrons. The second kappa shape index (κ2) is 31.7. The van der Waals surface area contributed by atoms with Crippen molar-refractivity contribution in [2.75, 3.05) is 0 Å². The van der Waals surface area contributed by atoms with Crippen LogP contribution in [0.15, 0.2) is 48.5 Å². The molecule has 2 aromatic rings. The SMILES string of the molecule is CCCCC(CC(CCCCCCCCc1cccc(O)c1)[SiH2]C)[Si](C)(C)O[Si](C)(C)C(CCC)CCC(CCCCCCCCc1cccc(O)c1)[SiH2]CCC(F)(F)C(F)(F)C(F)(F)C(F)(F)C(F)(F)C(F)(F)F. The molecule has 0 bridgehead atoms. The Morgan fingerprint density at radius 1 is 0.493 bits per heavy atom. The van der Waals surface area contributed by atoms with Gasteiger partial charge in [0.15, 0.2) is 16.6 Å². The van der Waals surface area contributed by atoms with Crippen LogP contribution in [0.4, 0.5) is 57.1 Å². The maximum atomic E-state index is 15.0. The quantitative estimate of drug-likeness (QED) is 0.0396. The van der Waals surface area contributed by atoms with E-state index in [1.54, 1.807) is 24.3 Å². The molecular formula is C55H91F13O3Si4. The first-order valence-corrected chi connectivity index (χ1v) is 38.1. The molecule has 0 aliphatic heterocycles. The van der Waals surface area contributed by atoms with Crippen molar-refractivity contribution < 1.29 is 71.4 Å². The monoisotopic (exact) mass is 1160 g/mol. The van der Waals surface area contributed by atoms with Gasteiger partial charge < -0.3 is 14.3 Å². The molecule has 75 heavy (non-hydrogen) atoms. The molecule has 0 fully saturated rings. The molecule has 0 saturated carbocycles. The largest absolute Gasteiger partial charge is 0.508 e. The normalized spacial score (nSPS) is 15.6. The van der Waals surface area contributed by atoms with Gasteiger partial charge in [-0.25, -0.2) is 0 Å². The highest BCUT2D eigenvalue weighted by Gasteiger charge is 2.90. The molecule has 4 unspecified atom stereocenters. The van der Waals surface area contributed by atoms with Crippen LogP contribution in [-0.4, -0.2) is 81.7 Å². The Labute approximate surface area is 447 Å². The molecular weight excluding hydrogens is 1070 g/mol. The fourth-order valence-electron chi connectivity index (χ4n) is 10.9. The van der Waals surface area contributed by atoms with E-state index in [0.29, 0.717) is 42.5 Å². The van der Waals surface area contributed by atoms with Gasteiger partial charge in [-0.15, -0.1) is 0 Å². The molecule has 0 heterocycles. The number of aromatic hydroxyl groups is 2. The van der Waals surface area contributed by atoms with Gasteiger partial charge in [0.25, 0.3) is 0 Å². The number of aryl methyl sites for hydroxylation is 2. The van der Waals surface area contributed by atoms with Crippen molar-refractivity contribution in [3.05, 3.63) is 59.7 Å². The molecule has 0 amide bonds. The number of halogens is 13. The Balaban J connectivity index is 2.17. The summed E-state index contributed by atoms with van der Waals surface area (Å²) in [6.45, 7) is 15.8. The molecule has 0 aliphatic carbocycles. The van der Waals surface area contributed by atoms with Crippen molar-refractivity contribution in [1.82, 2.24) is 0 Å². The molecule has 0 spiro atoms. The van der Waals surface area contributed by atoms with E-state index in [1.807, 2.05) is 24.3 Å². The van der Waals surface area contributed by atoms with Crippen LogP contribution in [0.1, 0.15) is 173 Å². The van der Waals surface area contributed by atoms with Gasteiger partial charge in [0.05, 0.1) is 0 Å². The number of alkyl halides is 13. The minimum Gasteiger partial charge on any atom is -0.508 e. The molecule has 4 atom stereocenters. The lowest BCUT2D eigenvalue weighted by molar-refractivity contribution is -0.439. The molecule has 20 heteroatoms. The fraction of sp³-hybridized carbons (Fsp3) is 0.782. The average Bonchev–Trinajstić information content (AvgIpc) is 3.31. The van der Waals surface area contributed by atoms with Gasteiger partial charge in [-0.1, -0.05) is 190 Å². The second-order valence-electron chi connectivity index (χ2n) is 22.6. The first-order chi connectivity index (χ1) is 34.8. The first-order valence-electron chi connectivity index (χ1n) is 28.0. The van der Waals surface area contributed by atoms with Gasteiger partial charge in [-0.2, -0.15) is 57.1 Å². The Hall–Kier alpha value is -2.04. The van der Waals surface area contributed by atoms with Crippen molar-refractivity contribution in [3.63, 3.8) is 0 Å². The molecule has 3 nitrogen and oxygen atoms in total. The van der Waals surface area contributed by atoms with Crippen LogP contribution < -0.4 is 0 Å². The van der Waals surface area contributed by atoms with Gasteiger partial charge in [0.2, 0.25) is 0 Å². The van der Waals surface area contributed by atoms with Crippen LogP contribution in [0, 0.1) is 0 Å². The van der Waals surface area contributed by atoms with Crippen molar-refractivity contribution in [2.24, 2.45) is 0 Å². The fourth-order valence-corrected chi connectivity index (χ4v) is 25.4. The molecule has 0 aliphatic rings. The lowest BCUT2D eigenvalue weighted by Crippen LogP contribution is -2.70. The minimum atomic E-state index is -7.88. The third-order valence-electron chi connectivity index (χ3n) is 15.7. The van der Waals surface area contributed by atoms with E-state index in [9.17, 15) is 58.5 Å². The zero-order valence-electron chi connectivity index (χ0n) is 45.9. The number of phenolic OH excluding ortho intramolecular Hbond substituents is 2. The summed E-state index contributed by atoms with van der Waals surface area (Å²) >= 11 is 0. The maximum absolute atomic E-state index is 15.0. The first kappa shape index (κ1) is 69.1. The summed E-state index contributed by atoms with van der Waals surface area (Å²) in [4.78, 5) is 0. The van der Waals surface area contributed by atoms with E-state index in [4.69, 9.17) is 4.12 Å². The predicted octanol–water partition coefficient (Wildman–Crippen LogP) is 19.2. The lowest BCUT2D eigenvalue weighted by atomic mass is 9.93. The lowest BCUT2D eigenvalue weighted by Gasteiger charge is -2.44. The minimum absolute atomic E-state index is 0.141. The zero-order valence-corrected chi connectivity index (χ0v) is 50.8. The van der Waals surface area contributed by atoms with Gasteiger partial charge in [-0.3, -0.25) is 0 Å². The predicted molar refractivity (Wildman–Crippen MR) is 291 cm³/mol. The summed E-state index contributed by atoms with van der Waals surface area (Å²) in [5.74, 6) is -36.1. The van der Waals surface area contributed by atoms with E-state index in [0.717, 1.165) is 107 Å². The van der Waals surface area contributed by atoms with E-state index in [1.165, 1.54) is 32.1 Å². The van der Waals surface area contributed by atoms with E-state index in [2.05, 4.69) is 46.6 Å². The molecule has 2 rings (SSSR count). The second-order valence-corrected chi connectivity index (χ2v) is 35.9. The number of rotatable bonds is 41. The van der Waals surface area contributed by atoms with Crippen LogP contribution in [0.2, 0.25) is 60.9 Å². The van der Waals surface area contributed by atoms with Crippen molar-refractivity contribution in [1.29, 1.82) is 0 Å². The maximum Gasteiger partial charge on any atom is 0.460 e. The highest BCUT2D eigenvalue weighted by atomic mass is 28.4. The average molecular weight is 1160 g/mol. The summed E-state index contributed by atoms with van der Waals surface area (Å²) in [7, 11) is -6.95. The topological polar surface area (TPSA) is 49.7 Å². The number of benzene rings is 2. The summed E-state index contributed by atoms with van der Waals surface area (Å²) in [5, 5.41) is 19.5. The molecule has 2 N–H and O–H groups in total. The van der Waals surface area contributed by atoms with Crippen LogP contribution in [0.5, 0.6) is 11.5 Å². The molecule has 0 saturated heterocycles. The van der Waals surface area contributed by atoms with Gasteiger partial charge >= 0.3 is 35.8 Å². The van der Waals surface area contributed by atoms with E-state index in [-0.39, 0.29) is 26.4 Å². The van der Waals surface area contributed by atoms with Gasteiger partial charge in [-0.05, 0) is 98.3 Å². The summed E-state index contributed by atoms with van der Waals surface area (Å²) in [6, 6.07) is 13.7. The highest BCUT2D eigenvalue weighted by Crippen LogP contribution is 2.61. The number of unbranched alkanes of at least 4 members (excludes halogenated alkanes) is 11. The molecule has 0 aromatic heterocycles. The van der Waals surface area contributed by atoms with E-state index < -0.39 is 74.4 Å². The van der Waals surface area contributed by atoms with E-state index >= 15 is 8.78 Å². The standard InChI is InChI=1S/C55H91F13O3Si4/c1-8-10-34-49(41-47(72-3)33-22-18-14-12-16-20-27-43-29-24-31-45(70)40-43)75(6,7)71-74(4,5)48(25-9-2)36-35-46(32-21-17-13-11-15-19-26-42-28-23-30-44(69)39-42)73-38-37-50(56,57)51(58,59)52(60,61)53(62,63)54(64,65)55(66,67)68/h23-24,28-31,39-40,46-49,69-70H,8-22,25-27,32-38,41,72-73H2,1-7H3. The zero-order chi connectivity index (χ0) is 56.8. The van der Waals surface area contributed by atoms with Crippen LogP contribution in [-0.2, 0) is 17.0 Å². The van der Waals surface area contributed by atoms with Crippen molar-refractivity contribution >= 4 is 35.7 Å². The van der Waals surface area contributed by atoms with Gasteiger partial charge in [0, 0.05) is 25.5 Å². The Morgan fingerprint density at radius 3 is 1.40 bits per heavy atom. The summed E-state index contributed by atoms with van der Waals surface area (Å²) < 4.78 is 189. The third kappa shape index (κ3) is 21.5. The van der Waals surface area contributed by atoms with Crippen molar-refractivity contribution in [2.45, 2.75) is 271 Å². The summed E-state index contributed by atoms with van der Waals surface area (Å²) in [5.41, 5.74) is 3.23. The number of hydrogen-bond acceptors (Lipinski definition) is 3. The van der Waals surface area contributed by atoms with Crippen LogP contribution in [0.25, 0.3) is 0 Å². The smallest absolute Gasteiger partial charge is 0.460 e. The number of phenols is 2. The highest BCUT2D eigenvalue weighted by molar-refractivity contribution is 6.86. The third-order valence-corrected chi connectivity index (χ3v) is 29.3. The summed E-state index contributed by atoms with van der Waals surface area (Å²) in [6.07, 6.45) is 13.3. The Kier molecular flexibility index (Phi) is 29.2. The van der Waals surface area contributed by atoms with Crippen molar-refractivity contribution in [3.8, 4) is 11.5 Å². The number of hydrogen-bond donors (Lipinski definition) is 2. The van der Waals surface area contributed by atoms with Crippen LogP contribution >= 0.6 is 0 Å². The molecule has 2 aromatic carbocycles. The molecule has 436 valence electrons.